The normalized spacial score (nSPS) is 23.0. The molecule has 1 N–H and O–H groups in total. The molecule has 5 heteroatoms. The van der Waals surface area contributed by atoms with E-state index in [-0.39, 0.29) is 0 Å². The minimum Gasteiger partial charge on any atom is -0.310 e. The van der Waals surface area contributed by atoms with Gasteiger partial charge >= 0.3 is 0 Å². The van der Waals surface area contributed by atoms with Crippen molar-refractivity contribution in [3.63, 3.8) is 0 Å². The predicted molar refractivity (Wildman–Crippen MR) is 86.3 cm³/mol. The number of nitrogens with zero attached hydrogens (tertiary/aromatic N) is 4. The van der Waals surface area contributed by atoms with Crippen LogP contribution in [0.2, 0.25) is 0 Å². The molecule has 2 atom stereocenters. The zero-order valence-electron chi connectivity index (χ0n) is 14.1. The smallest absolute Gasteiger partial charge is 0.146 e. The van der Waals surface area contributed by atoms with Crippen molar-refractivity contribution in [3.05, 3.63) is 23.3 Å². The van der Waals surface area contributed by atoms with Gasteiger partial charge in [0.25, 0.3) is 0 Å². The Balaban J connectivity index is 2.21. The van der Waals surface area contributed by atoms with Gasteiger partial charge in [0.2, 0.25) is 0 Å². The second-order valence-electron chi connectivity index (χ2n) is 6.16. The molecule has 1 aliphatic heterocycles. The monoisotopic (exact) mass is 291 g/mol. The van der Waals surface area contributed by atoms with Gasteiger partial charge in [-0.1, -0.05) is 6.92 Å². The Kier molecular flexibility index (Phi) is 5.67. The number of nitrogens with one attached hydrogen (secondary N) is 1. The fourth-order valence-electron chi connectivity index (χ4n) is 3.05. The number of aromatic nitrogens is 2. The summed E-state index contributed by atoms with van der Waals surface area (Å²) in [6, 6.07) is 0.596. The third kappa shape index (κ3) is 3.99. The fraction of sp³-hybridized carbons (Fsp3) is 0.750. The molecule has 118 valence electrons. The summed E-state index contributed by atoms with van der Waals surface area (Å²) in [6.45, 7) is 10.6. The van der Waals surface area contributed by atoms with Gasteiger partial charge in [-0.3, -0.25) is 4.90 Å². The Morgan fingerprint density at radius 3 is 2.81 bits per heavy atom. The van der Waals surface area contributed by atoms with Gasteiger partial charge in [-0.05, 0) is 54.0 Å². The van der Waals surface area contributed by atoms with Gasteiger partial charge in [0.15, 0.2) is 0 Å². The van der Waals surface area contributed by atoms with Crippen molar-refractivity contribution < 1.29 is 0 Å². The predicted octanol–water partition coefficient (Wildman–Crippen LogP) is 1.76. The molecule has 2 heterocycles. The van der Waals surface area contributed by atoms with Crippen molar-refractivity contribution in [1.29, 1.82) is 0 Å². The molecular weight excluding hydrogens is 262 g/mol. The van der Waals surface area contributed by atoms with Crippen molar-refractivity contribution in [2.75, 3.05) is 40.3 Å². The summed E-state index contributed by atoms with van der Waals surface area (Å²) in [6.07, 6.45) is 3.21. The van der Waals surface area contributed by atoms with Crippen LogP contribution < -0.4 is 5.32 Å². The van der Waals surface area contributed by atoms with Crippen molar-refractivity contribution in [3.8, 4) is 0 Å². The van der Waals surface area contributed by atoms with E-state index in [9.17, 15) is 0 Å². The zero-order chi connectivity index (χ0) is 15.4. The first-order valence-corrected chi connectivity index (χ1v) is 7.98. The molecule has 0 aromatic carbocycles. The summed E-state index contributed by atoms with van der Waals surface area (Å²) in [7, 11) is 4.36. The first-order chi connectivity index (χ1) is 10.0. The lowest BCUT2D eigenvalue weighted by atomic mass is 10.1. The average Bonchev–Trinajstić information content (AvgIpc) is 2.60. The Hall–Kier alpha value is -1.04. The number of hydrogen-bond acceptors (Lipinski definition) is 5. The van der Waals surface area contributed by atoms with Crippen molar-refractivity contribution in [2.24, 2.45) is 0 Å². The second-order valence-corrected chi connectivity index (χ2v) is 6.16. The molecule has 0 spiro atoms. The van der Waals surface area contributed by atoms with E-state index in [4.69, 9.17) is 4.98 Å². The Labute approximate surface area is 128 Å². The van der Waals surface area contributed by atoms with Crippen molar-refractivity contribution in [1.82, 2.24) is 25.1 Å². The van der Waals surface area contributed by atoms with E-state index in [0.29, 0.717) is 12.1 Å². The average molecular weight is 291 g/mol. The van der Waals surface area contributed by atoms with Crippen LogP contribution in [0.15, 0.2) is 6.20 Å². The second kappa shape index (κ2) is 7.29. The summed E-state index contributed by atoms with van der Waals surface area (Å²) >= 11 is 0. The van der Waals surface area contributed by atoms with Crippen LogP contribution in [0.3, 0.4) is 0 Å². The molecule has 1 aromatic rings. The highest BCUT2D eigenvalue weighted by molar-refractivity contribution is 5.21. The van der Waals surface area contributed by atoms with Gasteiger partial charge < -0.3 is 10.2 Å². The molecule has 1 aliphatic rings. The molecule has 0 bridgehead atoms. The van der Waals surface area contributed by atoms with Crippen molar-refractivity contribution >= 4 is 0 Å². The summed E-state index contributed by atoms with van der Waals surface area (Å²) in [5, 5.41) is 3.43. The number of rotatable bonds is 4. The molecular formula is C16H29N5. The van der Waals surface area contributed by atoms with Gasteiger partial charge in [-0.15, -0.1) is 0 Å². The quantitative estimate of drug-likeness (QED) is 0.916. The third-order valence-electron chi connectivity index (χ3n) is 4.38. The highest BCUT2D eigenvalue weighted by atomic mass is 15.2. The van der Waals surface area contributed by atoms with E-state index >= 15 is 0 Å². The first-order valence-electron chi connectivity index (χ1n) is 7.98. The van der Waals surface area contributed by atoms with E-state index in [1.807, 2.05) is 6.20 Å². The Morgan fingerprint density at radius 1 is 1.38 bits per heavy atom. The summed E-state index contributed by atoms with van der Waals surface area (Å²) in [5.74, 6) is 0.955. The van der Waals surface area contributed by atoms with Gasteiger partial charge in [-0.2, -0.15) is 0 Å². The molecule has 0 saturated carbocycles. The van der Waals surface area contributed by atoms with Gasteiger partial charge in [0, 0.05) is 30.0 Å². The zero-order valence-corrected chi connectivity index (χ0v) is 14.1. The standard InChI is InChI=1S/C16H29N5/c1-6-17-12(2)14-10-18-16(19-13(14)3)15-11-20(4)8-7-9-21(15)5/h10,12,15,17H,6-9,11H2,1-5H3. The van der Waals surface area contributed by atoms with Gasteiger partial charge in [0.05, 0.1) is 6.04 Å². The maximum Gasteiger partial charge on any atom is 0.146 e. The molecule has 1 saturated heterocycles. The first kappa shape index (κ1) is 16.3. The van der Waals surface area contributed by atoms with Gasteiger partial charge in [0.1, 0.15) is 5.82 Å². The molecule has 2 unspecified atom stereocenters. The number of aryl methyl sites for hydroxylation is 1. The van der Waals surface area contributed by atoms with Crippen molar-refractivity contribution in [2.45, 2.75) is 39.3 Å². The third-order valence-corrected chi connectivity index (χ3v) is 4.38. The van der Waals surface area contributed by atoms with Gasteiger partial charge in [-0.25, -0.2) is 9.97 Å². The molecule has 2 rings (SSSR count). The molecule has 0 radical (unpaired) electrons. The van der Waals surface area contributed by atoms with E-state index in [1.165, 1.54) is 12.0 Å². The minimum absolute atomic E-state index is 0.291. The van der Waals surface area contributed by atoms with Crippen LogP contribution in [0.25, 0.3) is 0 Å². The van der Waals surface area contributed by atoms with Crippen LogP contribution in [0.1, 0.15) is 49.4 Å². The van der Waals surface area contributed by atoms with Crippen LogP contribution in [0.4, 0.5) is 0 Å². The number of hydrogen-bond donors (Lipinski definition) is 1. The highest BCUT2D eigenvalue weighted by Crippen LogP contribution is 2.22. The maximum atomic E-state index is 4.81. The molecule has 0 aliphatic carbocycles. The Morgan fingerprint density at radius 2 is 2.14 bits per heavy atom. The maximum absolute atomic E-state index is 4.81. The minimum atomic E-state index is 0.291. The van der Waals surface area contributed by atoms with E-state index in [2.05, 4.69) is 55.0 Å². The van der Waals surface area contributed by atoms with E-state index < -0.39 is 0 Å². The largest absolute Gasteiger partial charge is 0.310 e. The topological polar surface area (TPSA) is 44.3 Å². The SMILES string of the molecule is CCNC(C)c1cnc(C2CN(C)CCCN2C)nc1C. The lowest BCUT2D eigenvalue weighted by Gasteiger charge is -2.26. The van der Waals surface area contributed by atoms with E-state index in [1.54, 1.807) is 0 Å². The lowest BCUT2D eigenvalue weighted by Crippen LogP contribution is -2.32. The molecule has 21 heavy (non-hydrogen) atoms. The van der Waals surface area contributed by atoms with E-state index in [0.717, 1.165) is 37.7 Å². The summed E-state index contributed by atoms with van der Waals surface area (Å²) in [5.41, 5.74) is 2.29. The van der Waals surface area contributed by atoms with Crippen LogP contribution in [0, 0.1) is 6.92 Å². The molecule has 1 fully saturated rings. The number of likely N-dealkylation sites (N-methyl/N-ethyl adjacent to an activating group) is 2. The summed E-state index contributed by atoms with van der Waals surface area (Å²) < 4.78 is 0. The summed E-state index contributed by atoms with van der Waals surface area (Å²) in [4.78, 5) is 14.2. The lowest BCUT2D eigenvalue weighted by molar-refractivity contribution is 0.219. The Bertz CT molecular complexity index is 462. The molecule has 5 nitrogen and oxygen atoms in total. The molecule has 1 aromatic heterocycles. The highest BCUT2D eigenvalue weighted by Gasteiger charge is 2.25. The molecule has 0 amide bonds. The fourth-order valence-corrected chi connectivity index (χ4v) is 3.05. The van der Waals surface area contributed by atoms with Crippen LogP contribution in [-0.2, 0) is 0 Å². The van der Waals surface area contributed by atoms with Crippen LogP contribution >= 0.6 is 0 Å². The van der Waals surface area contributed by atoms with Crippen LogP contribution in [-0.4, -0.2) is 60.0 Å². The van der Waals surface area contributed by atoms with Crippen LogP contribution in [0.5, 0.6) is 0 Å².